The van der Waals surface area contributed by atoms with Gasteiger partial charge in [0.25, 0.3) is 0 Å². The lowest BCUT2D eigenvalue weighted by Crippen LogP contribution is -1.92. The van der Waals surface area contributed by atoms with E-state index < -0.39 is 0 Å². The first-order valence-corrected chi connectivity index (χ1v) is 11.0. The third-order valence-corrected chi connectivity index (χ3v) is 5.62. The van der Waals surface area contributed by atoms with E-state index in [1.165, 1.54) is 0 Å². The molecule has 0 unspecified atom stereocenters. The average Bonchev–Trinajstić information content (AvgIpc) is 3.33. The summed E-state index contributed by atoms with van der Waals surface area (Å²) in [5.74, 6) is 0.559. The Kier molecular flexibility index (Phi) is 5.02. The number of nitrogens with zero attached hydrogens (tertiary/aromatic N) is 4. The zero-order chi connectivity index (χ0) is 23.6. The van der Waals surface area contributed by atoms with Crippen LogP contribution in [0.5, 0.6) is 0 Å². The minimum Gasteiger partial charge on any atom is -0.436 e. The molecule has 0 amide bonds. The second-order valence-electron chi connectivity index (χ2n) is 7.94. The van der Waals surface area contributed by atoms with Gasteiger partial charge in [-0.1, -0.05) is 6.07 Å². The van der Waals surface area contributed by atoms with Crippen LogP contribution in [-0.2, 0) is 0 Å². The Hall–Kier alpha value is -5.22. The summed E-state index contributed by atoms with van der Waals surface area (Å²) >= 11 is 0. The number of pyridine rings is 2. The average molecular weight is 454 g/mol. The van der Waals surface area contributed by atoms with Crippen LogP contribution < -0.4 is 10.6 Å². The molecule has 6 rings (SSSR count). The Labute approximate surface area is 200 Å². The molecule has 0 saturated carbocycles. The fourth-order valence-electron chi connectivity index (χ4n) is 3.89. The van der Waals surface area contributed by atoms with Crippen molar-refractivity contribution in [3.8, 4) is 11.5 Å². The van der Waals surface area contributed by atoms with Gasteiger partial charge in [0.05, 0.1) is 12.1 Å². The summed E-state index contributed by atoms with van der Waals surface area (Å²) in [6.45, 7) is 7.28. The van der Waals surface area contributed by atoms with E-state index in [1.807, 2.05) is 72.8 Å². The summed E-state index contributed by atoms with van der Waals surface area (Å²) < 4.78 is 5.99. The molecule has 7 heteroatoms. The number of aromatic nitrogens is 3. The molecule has 3 aromatic carbocycles. The Bertz CT molecular complexity index is 1700. The Morgan fingerprint density at radius 2 is 1.51 bits per heavy atom. The van der Waals surface area contributed by atoms with Crippen molar-refractivity contribution in [1.29, 1.82) is 0 Å². The van der Waals surface area contributed by atoms with Crippen molar-refractivity contribution in [2.45, 2.75) is 0 Å². The fraction of sp³-hybridized carbons (Fsp3) is 0. The minimum atomic E-state index is 0.559. The zero-order valence-electron chi connectivity index (χ0n) is 18.4. The van der Waals surface area contributed by atoms with E-state index >= 15 is 0 Å². The number of hydrogen-bond acceptors (Lipinski definition) is 6. The zero-order valence-corrected chi connectivity index (χ0v) is 18.4. The van der Waals surface area contributed by atoms with Crippen LogP contribution in [0.3, 0.4) is 0 Å². The predicted octanol–water partition coefficient (Wildman–Crippen LogP) is 7.48. The molecule has 3 heterocycles. The summed E-state index contributed by atoms with van der Waals surface area (Å²) in [5.41, 5.74) is 7.49. The number of benzene rings is 3. The fourth-order valence-corrected chi connectivity index (χ4v) is 3.89. The van der Waals surface area contributed by atoms with Gasteiger partial charge in [0.1, 0.15) is 5.52 Å². The van der Waals surface area contributed by atoms with Crippen molar-refractivity contribution in [3.63, 3.8) is 0 Å². The van der Waals surface area contributed by atoms with E-state index in [0.29, 0.717) is 11.6 Å². The molecule has 2 N–H and O–H groups in total. The van der Waals surface area contributed by atoms with E-state index in [4.69, 9.17) is 11.0 Å². The second kappa shape index (κ2) is 8.61. The third-order valence-electron chi connectivity index (χ3n) is 5.62. The number of rotatable bonds is 5. The van der Waals surface area contributed by atoms with Crippen LogP contribution in [-0.4, -0.2) is 15.0 Å². The van der Waals surface area contributed by atoms with E-state index in [0.717, 1.165) is 50.3 Å². The van der Waals surface area contributed by atoms with Crippen molar-refractivity contribution in [2.24, 2.45) is 0 Å². The van der Waals surface area contributed by atoms with Crippen LogP contribution >= 0.6 is 0 Å². The van der Waals surface area contributed by atoms with Gasteiger partial charge in [-0.25, -0.2) is 9.83 Å². The highest BCUT2D eigenvalue weighted by molar-refractivity contribution is 5.95. The van der Waals surface area contributed by atoms with Gasteiger partial charge in [0.2, 0.25) is 5.89 Å². The van der Waals surface area contributed by atoms with E-state index in [2.05, 4.69) is 30.4 Å². The highest BCUT2D eigenvalue weighted by Crippen LogP contribution is 2.31. The van der Waals surface area contributed by atoms with Crippen LogP contribution in [0.1, 0.15) is 0 Å². The van der Waals surface area contributed by atoms with Gasteiger partial charge in [-0.3, -0.25) is 9.97 Å². The van der Waals surface area contributed by atoms with E-state index in [1.54, 1.807) is 24.7 Å². The molecule has 0 aliphatic carbocycles. The summed E-state index contributed by atoms with van der Waals surface area (Å²) in [5, 5.41) is 7.68. The van der Waals surface area contributed by atoms with Crippen LogP contribution in [0.15, 0.2) is 102 Å². The molecule has 0 spiro atoms. The number of hydrogen-bond donors (Lipinski definition) is 2. The lowest BCUT2D eigenvalue weighted by Gasteiger charge is -2.10. The van der Waals surface area contributed by atoms with E-state index in [-0.39, 0.29) is 0 Å². The molecule has 166 valence electrons. The molecular formula is C28H18N6O. The molecule has 6 aromatic rings. The van der Waals surface area contributed by atoms with Crippen molar-refractivity contribution >= 4 is 50.4 Å². The third kappa shape index (κ3) is 4.12. The van der Waals surface area contributed by atoms with Gasteiger partial charge in [-0.05, 0) is 72.8 Å². The number of anilines is 4. The molecule has 0 aliphatic heterocycles. The lowest BCUT2D eigenvalue weighted by molar-refractivity contribution is 0.620. The Balaban J connectivity index is 1.25. The van der Waals surface area contributed by atoms with Gasteiger partial charge in [0.15, 0.2) is 11.3 Å². The molecule has 0 radical (unpaired) electrons. The molecular weight excluding hydrogens is 436 g/mol. The van der Waals surface area contributed by atoms with Gasteiger partial charge >= 0.3 is 0 Å². The Morgan fingerprint density at radius 1 is 0.714 bits per heavy atom. The van der Waals surface area contributed by atoms with Crippen LogP contribution in [0.2, 0.25) is 0 Å². The molecule has 0 fully saturated rings. The first-order chi connectivity index (χ1) is 17.2. The highest BCUT2D eigenvalue weighted by Gasteiger charge is 2.10. The molecule has 7 nitrogen and oxygen atoms in total. The smallest absolute Gasteiger partial charge is 0.227 e. The van der Waals surface area contributed by atoms with Crippen molar-refractivity contribution in [3.05, 3.63) is 109 Å². The molecule has 3 aromatic heterocycles. The first-order valence-electron chi connectivity index (χ1n) is 11.0. The maximum atomic E-state index is 7.28. The predicted molar refractivity (Wildman–Crippen MR) is 138 cm³/mol. The summed E-state index contributed by atoms with van der Waals surface area (Å²) in [7, 11) is 0. The largest absolute Gasteiger partial charge is 0.436 e. The lowest BCUT2D eigenvalue weighted by atomic mass is 10.1. The maximum absolute atomic E-state index is 7.28. The highest BCUT2D eigenvalue weighted by atomic mass is 16.3. The molecule has 35 heavy (non-hydrogen) atoms. The standard InChI is InChI=1S/C28H18N6O/c1-29-21-6-8-24-23(16-21)25(12-15-31-24)33-19-4-2-18(3-5-19)28-34-26-17-22(7-9-27(26)35-28)32-20-10-13-30-14-11-20/h2-17H,(H,30,32)(H,31,33). The van der Waals surface area contributed by atoms with Crippen molar-refractivity contribution in [1.82, 2.24) is 15.0 Å². The quantitative estimate of drug-likeness (QED) is 0.263. The number of nitrogens with one attached hydrogen (secondary N) is 2. The van der Waals surface area contributed by atoms with Crippen LogP contribution in [0, 0.1) is 6.57 Å². The summed E-state index contributed by atoms with van der Waals surface area (Å²) in [4.78, 5) is 16.6. The van der Waals surface area contributed by atoms with Gasteiger partial charge < -0.3 is 15.1 Å². The monoisotopic (exact) mass is 454 g/mol. The number of fused-ring (bicyclic) bond motifs is 2. The second-order valence-corrected chi connectivity index (χ2v) is 7.94. The molecule has 0 saturated heterocycles. The first kappa shape index (κ1) is 20.4. The molecule has 0 atom stereocenters. The molecule has 0 bridgehead atoms. The summed E-state index contributed by atoms with van der Waals surface area (Å²) in [6, 6.07) is 24.9. The van der Waals surface area contributed by atoms with Crippen LogP contribution in [0.25, 0.3) is 38.3 Å². The summed E-state index contributed by atoms with van der Waals surface area (Å²) in [6.07, 6.45) is 5.25. The maximum Gasteiger partial charge on any atom is 0.227 e. The van der Waals surface area contributed by atoms with Gasteiger partial charge in [-0.15, -0.1) is 0 Å². The SMILES string of the molecule is [C-]#[N+]c1ccc2nccc(Nc3ccc(-c4nc5cc(Nc6ccncc6)ccc5o4)cc3)c2c1. The van der Waals surface area contributed by atoms with E-state index in [9.17, 15) is 0 Å². The van der Waals surface area contributed by atoms with Gasteiger partial charge in [-0.2, -0.15) is 0 Å². The topological polar surface area (TPSA) is 80.2 Å². The number of oxazole rings is 1. The Morgan fingerprint density at radius 3 is 2.34 bits per heavy atom. The normalized spacial score (nSPS) is 10.8. The van der Waals surface area contributed by atoms with Crippen molar-refractivity contribution < 1.29 is 4.42 Å². The molecule has 0 aliphatic rings. The van der Waals surface area contributed by atoms with Crippen LogP contribution in [0.4, 0.5) is 28.4 Å². The van der Waals surface area contributed by atoms with Gasteiger partial charge in [0, 0.05) is 52.3 Å². The van der Waals surface area contributed by atoms with Crippen molar-refractivity contribution in [2.75, 3.05) is 10.6 Å². The minimum absolute atomic E-state index is 0.559.